The molecule has 0 spiro atoms. The molecule has 1 fully saturated rings. The summed E-state index contributed by atoms with van der Waals surface area (Å²) in [4.78, 5) is 5.03. The average Bonchev–Trinajstić information content (AvgIpc) is 2.33. The Morgan fingerprint density at radius 1 is 1.12 bits per heavy atom. The summed E-state index contributed by atoms with van der Waals surface area (Å²) < 4.78 is 5.55. The van der Waals surface area contributed by atoms with Gasteiger partial charge in [-0.2, -0.15) is 0 Å². The zero-order chi connectivity index (χ0) is 12.5. The molecule has 3 nitrogen and oxygen atoms in total. The first kappa shape index (κ1) is 14.9. The average molecular weight is 242 g/mol. The minimum atomic E-state index is 0.369. The Balaban J connectivity index is 1.94. The first-order valence-corrected chi connectivity index (χ1v) is 7.21. The van der Waals surface area contributed by atoms with Crippen LogP contribution in [-0.2, 0) is 4.74 Å². The summed E-state index contributed by atoms with van der Waals surface area (Å²) >= 11 is 0. The standard InChI is InChI=1S/C14H30N2O/c1-14(2)17-13-7-8-15(3)11-12-16-9-5-4-6-10-16/h14H,4-13H2,1-3H3. The maximum Gasteiger partial charge on any atom is 0.0518 e. The molecule has 3 heteroatoms. The molecule has 0 aromatic rings. The number of likely N-dealkylation sites (tertiary alicyclic amines) is 1. The van der Waals surface area contributed by atoms with Crippen LogP contribution in [0.25, 0.3) is 0 Å². The number of ether oxygens (including phenoxy) is 1. The van der Waals surface area contributed by atoms with E-state index in [2.05, 4.69) is 30.7 Å². The molecule has 1 heterocycles. The molecule has 0 N–H and O–H groups in total. The van der Waals surface area contributed by atoms with Crippen LogP contribution in [0.15, 0.2) is 0 Å². The molecule has 0 aromatic heterocycles. The third-order valence-corrected chi connectivity index (χ3v) is 3.38. The highest BCUT2D eigenvalue weighted by Crippen LogP contribution is 2.07. The van der Waals surface area contributed by atoms with Crippen molar-refractivity contribution < 1.29 is 4.74 Å². The quantitative estimate of drug-likeness (QED) is 0.607. The number of nitrogens with zero attached hydrogens (tertiary/aromatic N) is 2. The highest BCUT2D eigenvalue weighted by atomic mass is 16.5. The van der Waals surface area contributed by atoms with Crippen LogP contribution in [0.1, 0.15) is 39.5 Å². The molecule has 1 aliphatic rings. The first-order chi connectivity index (χ1) is 8.18. The molecule has 102 valence electrons. The fourth-order valence-electron chi connectivity index (χ4n) is 2.26. The molecule has 1 saturated heterocycles. The number of likely N-dealkylation sites (N-methyl/N-ethyl adjacent to an activating group) is 1. The van der Waals surface area contributed by atoms with Crippen molar-refractivity contribution in [2.24, 2.45) is 0 Å². The van der Waals surface area contributed by atoms with Crippen LogP contribution in [0.3, 0.4) is 0 Å². The van der Waals surface area contributed by atoms with Gasteiger partial charge in [-0.1, -0.05) is 6.42 Å². The fraction of sp³-hybridized carbons (Fsp3) is 1.00. The smallest absolute Gasteiger partial charge is 0.0518 e. The lowest BCUT2D eigenvalue weighted by atomic mass is 10.1. The van der Waals surface area contributed by atoms with E-state index in [1.54, 1.807) is 0 Å². The second-order valence-corrected chi connectivity index (χ2v) is 5.48. The van der Waals surface area contributed by atoms with Crippen molar-refractivity contribution in [3.8, 4) is 0 Å². The number of piperidine rings is 1. The van der Waals surface area contributed by atoms with Gasteiger partial charge in [-0.3, -0.25) is 0 Å². The number of rotatable bonds is 8. The van der Waals surface area contributed by atoms with E-state index >= 15 is 0 Å². The van der Waals surface area contributed by atoms with E-state index in [1.807, 2.05) is 0 Å². The van der Waals surface area contributed by atoms with Gasteiger partial charge in [0.25, 0.3) is 0 Å². The number of hydrogen-bond donors (Lipinski definition) is 0. The zero-order valence-corrected chi connectivity index (χ0v) is 12.0. The van der Waals surface area contributed by atoms with Crippen LogP contribution in [0.4, 0.5) is 0 Å². The van der Waals surface area contributed by atoms with E-state index < -0.39 is 0 Å². The second-order valence-electron chi connectivity index (χ2n) is 5.48. The summed E-state index contributed by atoms with van der Waals surface area (Å²) in [5.41, 5.74) is 0. The van der Waals surface area contributed by atoms with Gasteiger partial charge >= 0.3 is 0 Å². The predicted molar refractivity (Wildman–Crippen MR) is 73.5 cm³/mol. The minimum Gasteiger partial charge on any atom is -0.379 e. The number of hydrogen-bond acceptors (Lipinski definition) is 3. The topological polar surface area (TPSA) is 15.7 Å². The SMILES string of the molecule is CC(C)OCCCN(C)CCN1CCCCC1. The van der Waals surface area contributed by atoms with Crippen molar-refractivity contribution >= 4 is 0 Å². The summed E-state index contributed by atoms with van der Waals surface area (Å²) in [6.45, 7) is 11.3. The monoisotopic (exact) mass is 242 g/mol. The Morgan fingerprint density at radius 3 is 2.47 bits per heavy atom. The summed E-state index contributed by atoms with van der Waals surface area (Å²) in [6.07, 6.45) is 5.74. The Labute approximate surface area is 107 Å². The fourth-order valence-corrected chi connectivity index (χ4v) is 2.26. The summed E-state index contributed by atoms with van der Waals surface area (Å²) in [6, 6.07) is 0. The summed E-state index contributed by atoms with van der Waals surface area (Å²) in [7, 11) is 2.22. The summed E-state index contributed by atoms with van der Waals surface area (Å²) in [5, 5.41) is 0. The normalized spacial score (nSPS) is 18.2. The highest BCUT2D eigenvalue weighted by molar-refractivity contribution is 4.66. The molecular weight excluding hydrogens is 212 g/mol. The van der Waals surface area contributed by atoms with Crippen molar-refractivity contribution in [2.45, 2.75) is 45.6 Å². The largest absolute Gasteiger partial charge is 0.379 e. The van der Waals surface area contributed by atoms with Gasteiger partial charge in [0.1, 0.15) is 0 Å². The van der Waals surface area contributed by atoms with E-state index in [4.69, 9.17) is 4.74 Å². The molecule has 0 atom stereocenters. The third-order valence-electron chi connectivity index (χ3n) is 3.38. The summed E-state index contributed by atoms with van der Waals surface area (Å²) in [5.74, 6) is 0. The molecule has 0 radical (unpaired) electrons. The Kier molecular flexibility index (Phi) is 7.82. The molecule has 17 heavy (non-hydrogen) atoms. The molecule has 0 amide bonds. The van der Waals surface area contributed by atoms with Crippen molar-refractivity contribution in [2.75, 3.05) is 46.4 Å². The molecule has 1 aliphatic heterocycles. The van der Waals surface area contributed by atoms with E-state index in [0.717, 1.165) is 19.6 Å². The van der Waals surface area contributed by atoms with Gasteiger partial charge in [-0.15, -0.1) is 0 Å². The highest BCUT2D eigenvalue weighted by Gasteiger charge is 2.10. The molecule has 0 aliphatic carbocycles. The minimum absolute atomic E-state index is 0.369. The second kappa shape index (κ2) is 8.90. The van der Waals surface area contributed by atoms with Gasteiger partial charge in [-0.05, 0) is 53.2 Å². The van der Waals surface area contributed by atoms with Crippen molar-refractivity contribution in [3.63, 3.8) is 0 Å². The first-order valence-electron chi connectivity index (χ1n) is 7.21. The Morgan fingerprint density at radius 2 is 1.82 bits per heavy atom. The maximum absolute atomic E-state index is 5.55. The van der Waals surface area contributed by atoms with Gasteiger partial charge in [0.2, 0.25) is 0 Å². The van der Waals surface area contributed by atoms with Crippen LogP contribution in [0.2, 0.25) is 0 Å². The van der Waals surface area contributed by atoms with Crippen LogP contribution < -0.4 is 0 Å². The van der Waals surface area contributed by atoms with E-state index in [0.29, 0.717) is 6.10 Å². The van der Waals surface area contributed by atoms with Gasteiger partial charge in [-0.25, -0.2) is 0 Å². The third kappa shape index (κ3) is 7.74. The van der Waals surface area contributed by atoms with E-state index in [-0.39, 0.29) is 0 Å². The van der Waals surface area contributed by atoms with Crippen LogP contribution in [0, 0.1) is 0 Å². The molecule has 0 aromatic carbocycles. The molecular formula is C14H30N2O. The zero-order valence-electron chi connectivity index (χ0n) is 12.0. The van der Waals surface area contributed by atoms with Crippen molar-refractivity contribution in [1.29, 1.82) is 0 Å². The van der Waals surface area contributed by atoms with Crippen LogP contribution in [0.5, 0.6) is 0 Å². The molecule has 0 bridgehead atoms. The lowest BCUT2D eigenvalue weighted by molar-refractivity contribution is 0.0713. The predicted octanol–water partition coefficient (Wildman–Crippen LogP) is 2.22. The van der Waals surface area contributed by atoms with Crippen LogP contribution >= 0.6 is 0 Å². The van der Waals surface area contributed by atoms with E-state index in [1.165, 1.54) is 45.4 Å². The molecule has 0 unspecified atom stereocenters. The van der Waals surface area contributed by atoms with Gasteiger partial charge in [0, 0.05) is 26.2 Å². The van der Waals surface area contributed by atoms with E-state index in [9.17, 15) is 0 Å². The Bertz CT molecular complexity index is 179. The Hall–Kier alpha value is -0.120. The van der Waals surface area contributed by atoms with Crippen LogP contribution in [-0.4, -0.2) is 62.3 Å². The molecule has 0 saturated carbocycles. The maximum atomic E-state index is 5.55. The molecule has 1 rings (SSSR count). The van der Waals surface area contributed by atoms with Crippen molar-refractivity contribution in [1.82, 2.24) is 9.80 Å². The van der Waals surface area contributed by atoms with Crippen molar-refractivity contribution in [3.05, 3.63) is 0 Å². The van der Waals surface area contributed by atoms with Gasteiger partial charge < -0.3 is 14.5 Å². The van der Waals surface area contributed by atoms with Gasteiger partial charge in [0.15, 0.2) is 0 Å². The van der Waals surface area contributed by atoms with Gasteiger partial charge in [0.05, 0.1) is 6.10 Å². The lowest BCUT2D eigenvalue weighted by Gasteiger charge is -2.28. The lowest BCUT2D eigenvalue weighted by Crippen LogP contribution is -2.37.